The Morgan fingerprint density at radius 3 is 2.76 bits per heavy atom. The molecule has 0 saturated carbocycles. The monoisotopic (exact) mass is 252 g/mol. The molecule has 1 heterocycles. The summed E-state index contributed by atoms with van der Waals surface area (Å²) in [6, 6.07) is 6.45. The zero-order chi connectivity index (χ0) is 12.3. The number of hydrogen-bond donors (Lipinski definition) is 0. The van der Waals surface area contributed by atoms with Gasteiger partial charge in [0, 0.05) is 25.2 Å². The molecule has 0 bridgehead atoms. The van der Waals surface area contributed by atoms with Crippen molar-refractivity contribution in [2.45, 2.75) is 6.10 Å². The molecule has 0 radical (unpaired) electrons. The Morgan fingerprint density at radius 2 is 2.18 bits per heavy atom. The third-order valence-corrected chi connectivity index (χ3v) is 3.02. The maximum absolute atomic E-state index is 10.5. The molecule has 1 aromatic rings. The average molecular weight is 252 g/mol. The minimum Gasteiger partial charge on any atom is -0.370 e. The number of rotatable bonds is 3. The summed E-state index contributed by atoms with van der Waals surface area (Å²) in [5.74, 6) is 0. The molecule has 1 atom stereocenters. The van der Waals surface area contributed by atoms with Gasteiger partial charge in [-0.05, 0) is 17.7 Å². The second kappa shape index (κ2) is 5.20. The first-order chi connectivity index (χ1) is 8.20. The van der Waals surface area contributed by atoms with E-state index in [-0.39, 0.29) is 11.8 Å². The van der Waals surface area contributed by atoms with Gasteiger partial charge >= 0.3 is 0 Å². The summed E-state index contributed by atoms with van der Waals surface area (Å²) in [6.45, 7) is 2.11. The Labute approximate surface area is 104 Å². The number of hydrogen-bond acceptors (Lipinski definition) is 4. The Bertz CT molecular complexity index is 421. The number of thiocarbonyl (C=S) groups is 1. The molecule has 0 aliphatic carbocycles. The minimum atomic E-state index is -0.408. The SMILES string of the molecule is O=[N+]([O-])c1ccc(C2CN(C=S)CCO2)cc1. The van der Waals surface area contributed by atoms with Gasteiger partial charge in [-0.2, -0.15) is 0 Å². The molecule has 1 aromatic carbocycles. The van der Waals surface area contributed by atoms with Gasteiger partial charge in [-0.15, -0.1) is 0 Å². The van der Waals surface area contributed by atoms with E-state index in [1.165, 1.54) is 12.1 Å². The van der Waals surface area contributed by atoms with Gasteiger partial charge in [0.15, 0.2) is 0 Å². The molecule has 1 saturated heterocycles. The lowest BCUT2D eigenvalue weighted by molar-refractivity contribution is -0.384. The fourth-order valence-electron chi connectivity index (χ4n) is 1.78. The lowest BCUT2D eigenvalue weighted by Crippen LogP contribution is -2.36. The van der Waals surface area contributed by atoms with Crippen LogP contribution in [-0.4, -0.2) is 35.0 Å². The minimum absolute atomic E-state index is 0.0660. The Kier molecular flexibility index (Phi) is 3.65. The predicted molar refractivity (Wildman–Crippen MR) is 67.0 cm³/mol. The fourth-order valence-corrected chi connectivity index (χ4v) is 1.97. The summed E-state index contributed by atoms with van der Waals surface area (Å²) in [4.78, 5) is 12.1. The van der Waals surface area contributed by atoms with Crippen LogP contribution in [-0.2, 0) is 4.74 Å². The van der Waals surface area contributed by atoms with Crippen LogP contribution in [0, 0.1) is 10.1 Å². The normalized spacial score (nSPS) is 20.0. The van der Waals surface area contributed by atoms with Crippen molar-refractivity contribution in [2.24, 2.45) is 0 Å². The summed E-state index contributed by atoms with van der Waals surface area (Å²) in [6.07, 6.45) is -0.0660. The van der Waals surface area contributed by atoms with Gasteiger partial charge < -0.3 is 9.64 Å². The Balaban J connectivity index is 2.11. The molecule has 2 rings (SSSR count). The molecule has 1 unspecified atom stereocenters. The van der Waals surface area contributed by atoms with Crippen LogP contribution in [0.1, 0.15) is 11.7 Å². The molecular formula is C11H12N2O3S. The number of ether oxygens (including phenoxy) is 1. The summed E-state index contributed by atoms with van der Waals surface area (Å²) >= 11 is 4.89. The molecule has 17 heavy (non-hydrogen) atoms. The Hall–Kier alpha value is -1.53. The highest BCUT2D eigenvalue weighted by atomic mass is 32.1. The van der Waals surface area contributed by atoms with Gasteiger partial charge in [-0.1, -0.05) is 12.2 Å². The molecule has 0 N–H and O–H groups in total. The largest absolute Gasteiger partial charge is 0.370 e. The summed E-state index contributed by atoms with van der Waals surface area (Å²) in [5, 5.41) is 10.5. The number of benzene rings is 1. The van der Waals surface area contributed by atoms with Crippen LogP contribution in [0.3, 0.4) is 0 Å². The highest BCUT2D eigenvalue weighted by Crippen LogP contribution is 2.23. The second-order valence-corrected chi connectivity index (χ2v) is 4.02. The summed E-state index contributed by atoms with van der Waals surface area (Å²) in [5.41, 5.74) is 2.66. The lowest BCUT2D eigenvalue weighted by Gasteiger charge is -2.31. The predicted octanol–water partition coefficient (Wildman–Crippen LogP) is 1.93. The van der Waals surface area contributed by atoms with Crippen molar-refractivity contribution in [1.82, 2.24) is 4.90 Å². The van der Waals surface area contributed by atoms with Gasteiger partial charge in [0.05, 0.1) is 17.0 Å². The van der Waals surface area contributed by atoms with E-state index >= 15 is 0 Å². The zero-order valence-corrected chi connectivity index (χ0v) is 9.93. The number of nitro benzene ring substituents is 1. The van der Waals surface area contributed by atoms with E-state index in [1.807, 2.05) is 4.90 Å². The molecule has 0 aromatic heterocycles. The zero-order valence-electron chi connectivity index (χ0n) is 9.11. The van der Waals surface area contributed by atoms with Gasteiger partial charge in [0.25, 0.3) is 5.69 Å². The lowest BCUT2D eigenvalue weighted by atomic mass is 10.1. The molecule has 0 spiro atoms. The van der Waals surface area contributed by atoms with Crippen molar-refractivity contribution >= 4 is 23.4 Å². The van der Waals surface area contributed by atoms with Crippen LogP contribution in [0.5, 0.6) is 0 Å². The van der Waals surface area contributed by atoms with Crippen molar-refractivity contribution < 1.29 is 9.66 Å². The van der Waals surface area contributed by atoms with E-state index in [0.717, 1.165) is 12.1 Å². The highest BCUT2D eigenvalue weighted by Gasteiger charge is 2.20. The van der Waals surface area contributed by atoms with Crippen LogP contribution >= 0.6 is 12.2 Å². The average Bonchev–Trinajstić information content (AvgIpc) is 2.39. The topological polar surface area (TPSA) is 55.6 Å². The van der Waals surface area contributed by atoms with Gasteiger partial charge in [0.2, 0.25) is 0 Å². The first-order valence-electron chi connectivity index (χ1n) is 5.26. The highest BCUT2D eigenvalue weighted by molar-refractivity contribution is 7.78. The van der Waals surface area contributed by atoms with Crippen molar-refractivity contribution in [3.8, 4) is 0 Å². The van der Waals surface area contributed by atoms with Gasteiger partial charge in [-0.25, -0.2) is 0 Å². The molecule has 90 valence electrons. The molecule has 1 fully saturated rings. The van der Waals surface area contributed by atoms with Crippen molar-refractivity contribution in [1.29, 1.82) is 0 Å². The Morgan fingerprint density at radius 1 is 1.47 bits per heavy atom. The van der Waals surface area contributed by atoms with Crippen LogP contribution in [0.25, 0.3) is 0 Å². The van der Waals surface area contributed by atoms with Gasteiger partial charge in [-0.3, -0.25) is 10.1 Å². The molecule has 1 aliphatic rings. The van der Waals surface area contributed by atoms with E-state index in [9.17, 15) is 10.1 Å². The quantitative estimate of drug-likeness (QED) is 0.467. The maximum atomic E-state index is 10.5. The first kappa shape index (κ1) is 11.9. The third-order valence-electron chi connectivity index (χ3n) is 2.72. The molecule has 1 aliphatic heterocycles. The summed E-state index contributed by atoms with van der Waals surface area (Å²) in [7, 11) is 0. The van der Waals surface area contributed by atoms with E-state index in [1.54, 1.807) is 17.6 Å². The van der Waals surface area contributed by atoms with Crippen LogP contribution in [0.15, 0.2) is 24.3 Å². The van der Waals surface area contributed by atoms with E-state index in [2.05, 4.69) is 0 Å². The number of non-ortho nitro benzene ring substituents is 1. The van der Waals surface area contributed by atoms with Crippen molar-refractivity contribution in [3.63, 3.8) is 0 Å². The maximum Gasteiger partial charge on any atom is 0.269 e. The molecular weight excluding hydrogens is 240 g/mol. The summed E-state index contributed by atoms with van der Waals surface area (Å²) < 4.78 is 5.62. The van der Waals surface area contributed by atoms with Crippen molar-refractivity contribution in [2.75, 3.05) is 19.7 Å². The smallest absolute Gasteiger partial charge is 0.269 e. The van der Waals surface area contributed by atoms with E-state index in [4.69, 9.17) is 17.0 Å². The number of nitro groups is 1. The van der Waals surface area contributed by atoms with Gasteiger partial charge in [0.1, 0.15) is 6.10 Å². The van der Waals surface area contributed by atoms with Crippen LogP contribution in [0.2, 0.25) is 0 Å². The van der Waals surface area contributed by atoms with E-state index < -0.39 is 4.92 Å². The third kappa shape index (κ3) is 2.78. The standard InChI is InChI=1S/C11H12N2O3S/c14-13(15)10-3-1-9(2-4-10)11-7-12(8-17)5-6-16-11/h1-4,8,11H,5-7H2. The van der Waals surface area contributed by atoms with Crippen LogP contribution in [0.4, 0.5) is 5.69 Å². The molecule has 6 heteroatoms. The fraction of sp³-hybridized carbons (Fsp3) is 0.364. The molecule has 5 nitrogen and oxygen atoms in total. The molecule has 0 amide bonds. The second-order valence-electron chi connectivity index (χ2n) is 3.81. The van der Waals surface area contributed by atoms with Crippen LogP contribution < -0.4 is 0 Å². The van der Waals surface area contributed by atoms with E-state index in [0.29, 0.717) is 13.2 Å². The number of morpholine rings is 1. The number of nitrogens with zero attached hydrogens (tertiary/aromatic N) is 2. The first-order valence-corrected chi connectivity index (χ1v) is 5.73. The van der Waals surface area contributed by atoms with Crippen molar-refractivity contribution in [3.05, 3.63) is 39.9 Å².